The topological polar surface area (TPSA) is 72.7 Å². The maximum absolute atomic E-state index is 12.1. The monoisotopic (exact) mass is 322 g/mol. The van der Waals surface area contributed by atoms with Crippen LogP contribution in [-0.4, -0.2) is 36.5 Å². The molecule has 2 N–H and O–H groups in total. The number of amides is 1. The zero-order valence-electron chi connectivity index (χ0n) is 14.0. The predicted octanol–water partition coefficient (Wildman–Crippen LogP) is 2.44. The van der Waals surface area contributed by atoms with Crippen molar-refractivity contribution in [1.82, 2.24) is 10.6 Å². The largest absolute Gasteiger partial charge is 0.472 e. The van der Waals surface area contributed by atoms with Crippen LogP contribution in [0, 0.1) is 5.92 Å². The van der Waals surface area contributed by atoms with E-state index in [1.54, 1.807) is 12.5 Å². The number of fused-ring (bicyclic) bond motifs is 1. The molecule has 3 rings (SSSR count). The summed E-state index contributed by atoms with van der Waals surface area (Å²) in [6, 6.07) is 2.08. The molecular formula is C17H26N2O4. The van der Waals surface area contributed by atoms with Crippen molar-refractivity contribution >= 4 is 6.09 Å². The van der Waals surface area contributed by atoms with Gasteiger partial charge in [0.25, 0.3) is 0 Å². The van der Waals surface area contributed by atoms with Crippen LogP contribution in [-0.2, 0) is 16.0 Å². The van der Waals surface area contributed by atoms with Crippen molar-refractivity contribution in [2.45, 2.75) is 63.9 Å². The Labute approximate surface area is 136 Å². The first-order valence-corrected chi connectivity index (χ1v) is 8.29. The van der Waals surface area contributed by atoms with Crippen molar-refractivity contribution in [3.05, 3.63) is 24.2 Å². The quantitative estimate of drug-likeness (QED) is 0.891. The standard InChI is InChI=1S/C17H26N2O4/c1-17(2,3)23-16(20)19-13-12-5-4-7-22-15(12)14(13)18-9-11-6-8-21-10-11/h6,8,10,12-15,18H,4-5,7,9H2,1-3H3,(H,19,20). The van der Waals surface area contributed by atoms with Gasteiger partial charge in [-0.3, -0.25) is 0 Å². The molecule has 1 saturated carbocycles. The van der Waals surface area contributed by atoms with Gasteiger partial charge in [-0.2, -0.15) is 0 Å². The Morgan fingerprint density at radius 2 is 2.22 bits per heavy atom. The molecule has 2 aliphatic rings. The van der Waals surface area contributed by atoms with Gasteiger partial charge < -0.3 is 24.5 Å². The molecule has 0 bridgehead atoms. The molecule has 0 aromatic carbocycles. The third-order valence-electron chi connectivity index (χ3n) is 4.42. The van der Waals surface area contributed by atoms with E-state index in [1.165, 1.54) is 0 Å². The molecular weight excluding hydrogens is 296 g/mol. The van der Waals surface area contributed by atoms with E-state index in [0.717, 1.165) is 25.0 Å². The average molecular weight is 322 g/mol. The third kappa shape index (κ3) is 3.87. The summed E-state index contributed by atoms with van der Waals surface area (Å²) in [7, 11) is 0. The van der Waals surface area contributed by atoms with Gasteiger partial charge in [0, 0.05) is 24.6 Å². The van der Waals surface area contributed by atoms with Gasteiger partial charge >= 0.3 is 6.09 Å². The molecule has 1 aliphatic heterocycles. The van der Waals surface area contributed by atoms with Gasteiger partial charge in [-0.1, -0.05) is 0 Å². The molecule has 4 atom stereocenters. The lowest BCUT2D eigenvalue weighted by Crippen LogP contribution is -2.73. The Balaban J connectivity index is 1.59. The Morgan fingerprint density at radius 3 is 2.91 bits per heavy atom. The number of ether oxygens (including phenoxy) is 2. The van der Waals surface area contributed by atoms with E-state index in [2.05, 4.69) is 10.6 Å². The van der Waals surface area contributed by atoms with Gasteiger partial charge in [0.2, 0.25) is 0 Å². The molecule has 6 nitrogen and oxygen atoms in total. The van der Waals surface area contributed by atoms with Gasteiger partial charge in [-0.05, 0) is 39.7 Å². The summed E-state index contributed by atoms with van der Waals surface area (Å²) in [5.74, 6) is 0.359. The fraction of sp³-hybridized carbons (Fsp3) is 0.706. The van der Waals surface area contributed by atoms with Crippen molar-refractivity contribution in [1.29, 1.82) is 0 Å². The van der Waals surface area contributed by atoms with Crippen LogP contribution in [0.3, 0.4) is 0 Å². The second kappa shape index (κ2) is 6.53. The number of rotatable bonds is 4. The van der Waals surface area contributed by atoms with Gasteiger partial charge in [0.1, 0.15) is 5.60 Å². The molecule has 0 spiro atoms. The number of carbonyl (C=O) groups is 1. The summed E-state index contributed by atoms with van der Waals surface area (Å²) in [6.07, 6.45) is 5.31. The SMILES string of the molecule is CC(C)(C)OC(=O)NC1C2CCCOC2C1NCc1ccoc1. The molecule has 4 unspecified atom stereocenters. The van der Waals surface area contributed by atoms with Crippen LogP contribution in [0.25, 0.3) is 0 Å². The normalized spacial score (nSPS) is 30.2. The van der Waals surface area contributed by atoms with Gasteiger partial charge in [0.05, 0.1) is 30.7 Å². The smallest absolute Gasteiger partial charge is 0.407 e. The fourth-order valence-electron chi connectivity index (χ4n) is 3.42. The van der Waals surface area contributed by atoms with Crippen LogP contribution in [0.2, 0.25) is 0 Å². The molecule has 0 radical (unpaired) electrons. The molecule has 23 heavy (non-hydrogen) atoms. The molecule has 2 fully saturated rings. The maximum Gasteiger partial charge on any atom is 0.407 e. The van der Waals surface area contributed by atoms with E-state index in [9.17, 15) is 4.79 Å². The maximum atomic E-state index is 12.1. The first-order chi connectivity index (χ1) is 10.9. The minimum atomic E-state index is -0.490. The zero-order valence-corrected chi connectivity index (χ0v) is 14.0. The van der Waals surface area contributed by atoms with Crippen LogP contribution in [0.5, 0.6) is 0 Å². The van der Waals surface area contributed by atoms with E-state index in [-0.39, 0.29) is 24.3 Å². The first-order valence-electron chi connectivity index (χ1n) is 8.29. The van der Waals surface area contributed by atoms with Crippen LogP contribution in [0.4, 0.5) is 4.79 Å². The van der Waals surface area contributed by atoms with Gasteiger partial charge in [0.15, 0.2) is 0 Å². The minimum absolute atomic E-state index is 0.0436. The Hall–Kier alpha value is -1.53. The molecule has 2 heterocycles. The van der Waals surface area contributed by atoms with E-state index >= 15 is 0 Å². The Bertz CT molecular complexity index is 523. The Kier molecular flexibility index (Phi) is 4.64. The van der Waals surface area contributed by atoms with Crippen LogP contribution >= 0.6 is 0 Å². The van der Waals surface area contributed by atoms with Crippen LogP contribution in [0.15, 0.2) is 23.0 Å². The molecule has 1 amide bonds. The minimum Gasteiger partial charge on any atom is -0.472 e. The molecule has 1 aromatic rings. The van der Waals surface area contributed by atoms with Crippen molar-refractivity contribution in [3.63, 3.8) is 0 Å². The number of hydrogen-bond acceptors (Lipinski definition) is 5. The van der Waals surface area contributed by atoms with Crippen molar-refractivity contribution in [2.24, 2.45) is 5.92 Å². The molecule has 1 saturated heterocycles. The van der Waals surface area contributed by atoms with Crippen LogP contribution < -0.4 is 10.6 Å². The van der Waals surface area contributed by atoms with Crippen LogP contribution in [0.1, 0.15) is 39.2 Å². The molecule has 128 valence electrons. The number of nitrogens with one attached hydrogen (secondary N) is 2. The highest BCUT2D eigenvalue weighted by molar-refractivity contribution is 5.68. The lowest BCUT2D eigenvalue weighted by Gasteiger charge is -2.54. The summed E-state index contributed by atoms with van der Waals surface area (Å²) >= 11 is 0. The van der Waals surface area contributed by atoms with E-state index in [1.807, 2.05) is 26.8 Å². The Morgan fingerprint density at radius 1 is 1.39 bits per heavy atom. The fourth-order valence-corrected chi connectivity index (χ4v) is 3.42. The van der Waals surface area contributed by atoms with E-state index in [4.69, 9.17) is 13.9 Å². The highest BCUT2D eigenvalue weighted by atomic mass is 16.6. The van der Waals surface area contributed by atoms with Crippen molar-refractivity contribution < 1.29 is 18.7 Å². The number of carbonyl (C=O) groups excluding carboxylic acids is 1. The molecule has 6 heteroatoms. The summed E-state index contributed by atoms with van der Waals surface area (Å²) in [5, 5.41) is 6.51. The summed E-state index contributed by atoms with van der Waals surface area (Å²) in [4.78, 5) is 12.1. The summed E-state index contributed by atoms with van der Waals surface area (Å²) < 4.78 is 16.4. The third-order valence-corrected chi connectivity index (χ3v) is 4.42. The second-order valence-corrected chi connectivity index (χ2v) is 7.35. The molecule has 1 aliphatic carbocycles. The summed E-state index contributed by atoms with van der Waals surface area (Å²) in [5.41, 5.74) is 0.594. The number of alkyl carbamates (subject to hydrolysis) is 1. The van der Waals surface area contributed by atoms with E-state index in [0.29, 0.717) is 12.5 Å². The lowest BCUT2D eigenvalue weighted by atomic mass is 9.68. The zero-order chi connectivity index (χ0) is 16.4. The predicted molar refractivity (Wildman–Crippen MR) is 85.0 cm³/mol. The second-order valence-electron chi connectivity index (χ2n) is 7.35. The van der Waals surface area contributed by atoms with Gasteiger partial charge in [-0.15, -0.1) is 0 Å². The number of furan rings is 1. The number of hydrogen-bond donors (Lipinski definition) is 2. The lowest BCUT2D eigenvalue weighted by molar-refractivity contribution is -0.128. The molecule has 1 aromatic heterocycles. The average Bonchev–Trinajstić information content (AvgIpc) is 2.97. The highest BCUT2D eigenvalue weighted by Crippen LogP contribution is 2.38. The highest BCUT2D eigenvalue weighted by Gasteiger charge is 2.53. The summed E-state index contributed by atoms with van der Waals surface area (Å²) in [6.45, 7) is 7.10. The first kappa shape index (κ1) is 16.3. The van der Waals surface area contributed by atoms with E-state index < -0.39 is 5.60 Å². The van der Waals surface area contributed by atoms with Crippen molar-refractivity contribution in [2.75, 3.05) is 6.61 Å². The van der Waals surface area contributed by atoms with Gasteiger partial charge in [-0.25, -0.2) is 4.79 Å². The van der Waals surface area contributed by atoms with Crippen molar-refractivity contribution in [3.8, 4) is 0 Å².